The smallest absolute Gasteiger partial charge is 0.355 e. The van der Waals surface area contributed by atoms with Crippen LogP contribution >= 0.6 is 0 Å². The molecule has 8 nitrogen and oxygen atoms in total. The van der Waals surface area contributed by atoms with E-state index in [1.165, 1.54) is 0 Å². The van der Waals surface area contributed by atoms with Crippen molar-refractivity contribution in [1.82, 2.24) is 14.5 Å². The highest BCUT2D eigenvalue weighted by molar-refractivity contribution is 5.32. The van der Waals surface area contributed by atoms with Gasteiger partial charge in [0.05, 0.1) is 18.7 Å². The van der Waals surface area contributed by atoms with Gasteiger partial charge in [-0.15, -0.1) is 0 Å². The summed E-state index contributed by atoms with van der Waals surface area (Å²) in [5.41, 5.74) is 1.08. The van der Waals surface area contributed by atoms with Gasteiger partial charge in [0.25, 0.3) is 0 Å². The molecule has 2 N–H and O–H groups in total. The molecule has 0 amide bonds. The molecule has 0 saturated carbocycles. The first kappa shape index (κ1) is 18.3. The van der Waals surface area contributed by atoms with Crippen molar-refractivity contribution in [1.29, 1.82) is 0 Å². The van der Waals surface area contributed by atoms with E-state index in [0.29, 0.717) is 19.6 Å². The number of H-pyrrole nitrogens is 1. The second-order valence-electron chi connectivity index (χ2n) is 6.53. The van der Waals surface area contributed by atoms with Gasteiger partial charge in [-0.2, -0.15) is 4.98 Å². The quantitative estimate of drug-likeness (QED) is 0.836. The van der Waals surface area contributed by atoms with Crippen molar-refractivity contribution in [3.63, 3.8) is 0 Å². The van der Waals surface area contributed by atoms with Crippen LogP contribution in [0.3, 0.4) is 0 Å². The number of rotatable bonds is 5. The first-order valence-corrected chi connectivity index (χ1v) is 8.66. The van der Waals surface area contributed by atoms with Gasteiger partial charge in [0.15, 0.2) is 0 Å². The molecule has 1 aromatic heterocycles. The maximum absolute atomic E-state index is 12.5. The Balaban J connectivity index is 1.85. The van der Waals surface area contributed by atoms with E-state index in [0.717, 1.165) is 15.7 Å². The van der Waals surface area contributed by atoms with Crippen LogP contribution in [-0.2, 0) is 9.47 Å². The molecular weight excluding hydrogens is 336 g/mol. The Kier molecular flexibility index (Phi) is 5.53. The molecule has 1 fully saturated rings. The monoisotopic (exact) mass is 360 g/mol. The molecule has 140 valence electrons. The molecule has 1 aliphatic heterocycles. The molecule has 3 rings (SSSR count). The zero-order valence-electron chi connectivity index (χ0n) is 15.2. The van der Waals surface area contributed by atoms with Crippen molar-refractivity contribution in [2.75, 3.05) is 25.6 Å². The fourth-order valence-electron chi connectivity index (χ4n) is 3.24. The Morgan fingerprint density at radius 1 is 1.42 bits per heavy atom. The second-order valence-corrected chi connectivity index (χ2v) is 6.53. The van der Waals surface area contributed by atoms with Crippen molar-refractivity contribution in [2.45, 2.75) is 38.5 Å². The number of nitrogens with zero attached hydrogens (tertiary/aromatic N) is 2. The van der Waals surface area contributed by atoms with E-state index in [9.17, 15) is 9.59 Å². The van der Waals surface area contributed by atoms with Crippen LogP contribution in [0.25, 0.3) is 0 Å². The number of benzene rings is 1. The van der Waals surface area contributed by atoms with Crippen molar-refractivity contribution < 1.29 is 9.47 Å². The number of ether oxygens (including phenoxy) is 2. The third-order valence-electron chi connectivity index (χ3n) is 4.66. The normalized spacial score (nSPS) is 21.3. The minimum Gasteiger partial charge on any atom is -0.379 e. The van der Waals surface area contributed by atoms with Crippen molar-refractivity contribution in [3.05, 3.63) is 56.4 Å². The van der Waals surface area contributed by atoms with E-state index in [4.69, 9.17) is 9.47 Å². The Bertz CT molecular complexity index is 845. The first-order valence-electron chi connectivity index (χ1n) is 8.66. The lowest BCUT2D eigenvalue weighted by atomic mass is 10.1. The van der Waals surface area contributed by atoms with E-state index in [2.05, 4.69) is 15.3 Å². The number of hydrogen-bond donors (Lipinski definition) is 2. The zero-order valence-corrected chi connectivity index (χ0v) is 15.2. The number of nitrogens with one attached hydrogen (secondary N) is 2. The highest BCUT2D eigenvalue weighted by Gasteiger charge is 2.30. The number of anilines is 1. The molecule has 0 bridgehead atoms. The average Bonchev–Trinajstić information content (AvgIpc) is 2.61. The Labute approximate surface area is 151 Å². The van der Waals surface area contributed by atoms with Crippen LogP contribution in [0, 0.1) is 6.92 Å². The summed E-state index contributed by atoms with van der Waals surface area (Å²) in [6, 6.07) is 7.51. The van der Waals surface area contributed by atoms with Crippen LogP contribution < -0.4 is 16.7 Å². The molecule has 2 heterocycles. The predicted octanol–water partition coefficient (Wildman–Crippen LogP) is 1.39. The van der Waals surface area contributed by atoms with Crippen molar-refractivity contribution in [2.24, 2.45) is 0 Å². The summed E-state index contributed by atoms with van der Waals surface area (Å²) in [6.45, 7) is 4.77. The summed E-state index contributed by atoms with van der Waals surface area (Å²) in [6.07, 6.45) is 0.171. The molecule has 0 aliphatic carbocycles. The molecule has 1 aliphatic rings. The summed E-state index contributed by atoms with van der Waals surface area (Å²) in [5.74, 6) is 0.159. The fourth-order valence-corrected chi connectivity index (χ4v) is 3.24. The zero-order chi connectivity index (χ0) is 18.7. The molecule has 1 aromatic carbocycles. The molecule has 0 unspecified atom stereocenters. The molecule has 26 heavy (non-hydrogen) atoms. The van der Waals surface area contributed by atoms with Gasteiger partial charge < -0.3 is 14.8 Å². The standard InChI is InChI=1S/C18H24N4O4/c1-11-5-4-6-13(9-11)12(2)19-16-20-17(23)22(18(24)21-16)14-7-8-26-10-15(14)25-3/h4-6,9,12,14-15H,7-8,10H2,1-3H3,(H2,19,20,21,23,24)/t12-,14+,15+/m0/s1. The van der Waals surface area contributed by atoms with Gasteiger partial charge in [-0.05, 0) is 25.8 Å². The van der Waals surface area contributed by atoms with Crippen LogP contribution in [0.15, 0.2) is 33.9 Å². The lowest BCUT2D eigenvalue weighted by molar-refractivity contribution is -0.0622. The fraction of sp³-hybridized carbons (Fsp3) is 0.500. The van der Waals surface area contributed by atoms with E-state index < -0.39 is 11.4 Å². The molecule has 0 spiro atoms. The Morgan fingerprint density at radius 3 is 2.92 bits per heavy atom. The minimum atomic E-state index is -0.596. The maximum Gasteiger partial charge on any atom is 0.355 e. The average molecular weight is 360 g/mol. The van der Waals surface area contributed by atoms with Gasteiger partial charge >= 0.3 is 11.4 Å². The minimum absolute atomic E-state index is 0.108. The van der Waals surface area contributed by atoms with Gasteiger partial charge in [-0.3, -0.25) is 4.98 Å². The first-order chi connectivity index (χ1) is 12.5. The number of hydrogen-bond acceptors (Lipinski definition) is 6. The Hall–Kier alpha value is -2.45. The van der Waals surface area contributed by atoms with E-state index in [1.54, 1.807) is 7.11 Å². The second kappa shape index (κ2) is 7.84. The van der Waals surface area contributed by atoms with Crippen molar-refractivity contribution >= 4 is 5.95 Å². The summed E-state index contributed by atoms with van der Waals surface area (Å²) in [7, 11) is 1.54. The van der Waals surface area contributed by atoms with Gasteiger partial charge in [-0.25, -0.2) is 14.2 Å². The molecule has 3 atom stereocenters. The van der Waals surface area contributed by atoms with Crippen LogP contribution in [0.4, 0.5) is 5.95 Å². The van der Waals surface area contributed by atoms with Crippen LogP contribution in [-0.4, -0.2) is 41.0 Å². The number of aromatic amines is 1. The van der Waals surface area contributed by atoms with Gasteiger partial charge in [0, 0.05) is 13.7 Å². The maximum atomic E-state index is 12.5. The predicted molar refractivity (Wildman–Crippen MR) is 97.6 cm³/mol. The van der Waals surface area contributed by atoms with Crippen LogP contribution in [0.1, 0.15) is 36.6 Å². The molecule has 1 saturated heterocycles. The summed E-state index contributed by atoms with van der Waals surface area (Å²) < 4.78 is 11.8. The largest absolute Gasteiger partial charge is 0.379 e. The van der Waals surface area contributed by atoms with Crippen LogP contribution in [0.2, 0.25) is 0 Å². The Morgan fingerprint density at radius 2 is 2.23 bits per heavy atom. The van der Waals surface area contributed by atoms with Gasteiger partial charge in [0.1, 0.15) is 6.10 Å². The lowest BCUT2D eigenvalue weighted by Gasteiger charge is -2.30. The summed E-state index contributed by atoms with van der Waals surface area (Å²) >= 11 is 0. The SMILES string of the molecule is CO[C@@H]1COCC[C@H]1n1c(=O)nc(N[C@@H](C)c2cccc(C)c2)[nH]c1=O. The molecule has 2 aromatic rings. The van der Waals surface area contributed by atoms with Crippen molar-refractivity contribution in [3.8, 4) is 0 Å². The van der Waals surface area contributed by atoms with Gasteiger partial charge in [0.2, 0.25) is 5.95 Å². The number of aromatic nitrogens is 3. The number of methoxy groups -OCH3 is 1. The van der Waals surface area contributed by atoms with Gasteiger partial charge in [-0.1, -0.05) is 29.8 Å². The van der Waals surface area contributed by atoms with E-state index >= 15 is 0 Å². The van der Waals surface area contributed by atoms with Crippen LogP contribution in [0.5, 0.6) is 0 Å². The molecule has 0 radical (unpaired) electrons. The van der Waals surface area contributed by atoms with E-state index in [1.807, 2.05) is 38.1 Å². The summed E-state index contributed by atoms with van der Waals surface area (Å²) in [5, 5.41) is 3.09. The third kappa shape index (κ3) is 3.86. The molecule has 8 heteroatoms. The highest BCUT2D eigenvalue weighted by atomic mass is 16.5. The topological polar surface area (TPSA) is 98.2 Å². The molecular formula is C18H24N4O4. The van der Waals surface area contributed by atoms with E-state index in [-0.39, 0.29) is 24.1 Å². The third-order valence-corrected chi connectivity index (χ3v) is 4.66. The lowest BCUT2D eigenvalue weighted by Crippen LogP contribution is -2.47. The number of aryl methyl sites for hydroxylation is 1. The summed E-state index contributed by atoms with van der Waals surface area (Å²) in [4.78, 5) is 31.7. The highest BCUT2D eigenvalue weighted by Crippen LogP contribution is 2.21.